The van der Waals surface area contributed by atoms with Gasteiger partial charge in [-0.25, -0.2) is 0 Å². The summed E-state index contributed by atoms with van der Waals surface area (Å²) in [5, 5.41) is 23.3. The molecular weight excluding hydrogens is 298 g/mol. The standard InChI is InChI=1S/C13H16ClN3O4/c14-9-6-7(17(20)21)5-8(12(9)15)13(19)16-10-3-1-2-4-11(10)18/h5-6,10-11,18H,1-4,15H2,(H,16,19). The molecule has 21 heavy (non-hydrogen) atoms. The van der Waals surface area contributed by atoms with Gasteiger partial charge in [-0.2, -0.15) is 0 Å². The number of amides is 1. The Bertz CT molecular complexity index is 579. The van der Waals surface area contributed by atoms with E-state index in [-0.39, 0.29) is 28.0 Å². The van der Waals surface area contributed by atoms with Crippen molar-refractivity contribution in [1.82, 2.24) is 5.32 Å². The lowest BCUT2D eigenvalue weighted by Gasteiger charge is -2.28. The second kappa shape index (κ2) is 6.28. The van der Waals surface area contributed by atoms with Gasteiger partial charge in [-0.15, -0.1) is 0 Å². The van der Waals surface area contributed by atoms with Crippen molar-refractivity contribution >= 4 is 28.9 Å². The third-order valence-corrected chi connectivity index (χ3v) is 3.93. The summed E-state index contributed by atoms with van der Waals surface area (Å²) in [7, 11) is 0. The van der Waals surface area contributed by atoms with Crippen LogP contribution in [0.4, 0.5) is 11.4 Å². The first-order valence-electron chi connectivity index (χ1n) is 6.62. The monoisotopic (exact) mass is 313 g/mol. The SMILES string of the molecule is Nc1c(Cl)cc([N+](=O)[O-])cc1C(=O)NC1CCCCC1O. The molecule has 1 aliphatic rings. The number of benzene rings is 1. The molecule has 2 rings (SSSR count). The van der Waals surface area contributed by atoms with Gasteiger partial charge in [0.05, 0.1) is 33.3 Å². The van der Waals surface area contributed by atoms with E-state index in [0.717, 1.165) is 25.0 Å². The molecule has 0 bridgehead atoms. The van der Waals surface area contributed by atoms with Gasteiger partial charge >= 0.3 is 0 Å². The number of aliphatic hydroxyl groups excluding tert-OH is 1. The fourth-order valence-corrected chi connectivity index (χ4v) is 2.64. The number of nitrogens with zero attached hydrogens (tertiary/aromatic N) is 1. The van der Waals surface area contributed by atoms with Crippen molar-refractivity contribution in [2.24, 2.45) is 0 Å². The average Bonchev–Trinajstić information content (AvgIpc) is 2.43. The number of carbonyl (C=O) groups is 1. The molecule has 1 aromatic carbocycles. The number of halogens is 1. The molecule has 8 heteroatoms. The summed E-state index contributed by atoms with van der Waals surface area (Å²) >= 11 is 5.82. The Morgan fingerprint density at radius 1 is 1.43 bits per heavy atom. The van der Waals surface area contributed by atoms with E-state index in [1.807, 2.05) is 0 Å². The molecular formula is C13H16ClN3O4. The molecule has 7 nitrogen and oxygen atoms in total. The molecule has 1 amide bonds. The third kappa shape index (κ3) is 3.43. The first kappa shape index (κ1) is 15.5. The highest BCUT2D eigenvalue weighted by Gasteiger charge is 2.26. The zero-order chi connectivity index (χ0) is 15.6. The molecule has 0 heterocycles. The van der Waals surface area contributed by atoms with Crippen molar-refractivity contribution < 1.29 is 14.8 Å². The molecule has 4 N–H and O–H groups in total. The number of hydrogen-bond donors (Lipinski definition) is 3. The van der Waals surface area contributed by atoms with Gasteiger partial charge in [-0.1, -0.05) is 24.4 Å². The van der Waals surface area contributed by atoms with E-state index in [4.69, 9.17) is 17.3 Å². The van der Waals surface area contributed by atoms with Crippen molar-refractivity contribution in [2.45, 2.75) is 37.8 Å². The number of non-ortho nitro benzene ring substituents is 1. The molecule has 114 valence electrons. The van der Waals surface area contributed by atoms with E-state index < -0.39 is 16.9 Å². The topological polar surface area (TPSA) is 118 Å². The van der Waals surface area contributed by atoms with Crippen LogP contribution in [-0.4, -0.2) is 28.1 Å². The van der Waals surface area contributed by atoms with Gasteiger partial charge in [0.2, 0.25) is 0 Å². The van der Waals surface area contributed by atoms with Crippen LogP contribution in [0, 0.1) is 10.1 Å². The number of rotatable bonds is 3. The smallest absolute Gasteiger partial charge is 0.271 e. The second-order valence-electron chi connectivity index (χ2n) is 5.08. The van der Waals surface area contributed by atoms with Crippen molar-refractivity contribution in [3.8, 4) is 0 Å². The van der Waals surface area contributed by atoms with E-state index >= 15 is 0 Å². The van der Waals surface area contributed by atoms with Crippen LogP contribution in [0.3, 0.4) is 0 Å². The predicted octanol–water partition coefficient (Wildman–Crippen LogP) is 1.86. The van der Waals surface area contributed by atoms with Crippen LogP contribution in [-0.2, 0) is 0 Å². The number of anilines is 1. The maximum absolute atomic E-state index is 12.2. The number of aliphatic hydroxyl groups is 1. The number of nitro groups is 1. The molecule has 1 aromatic rings. The first-order valence-corrected chi connectivity index (χ1v) is 7.00. The van der Waals surface area contributed by atoms with Crippen molar-refractivity contribution in [3.05, 3.63) is 32.8 Å². The van der Waals surface area contributed by atoms with E-state index in [2.05, 4.69) is 5.32 Å². The van der Waals surface area contributed by atoms with Gasteiger partial charge < -0.3 is 16.2 Å². The zero-order valence-electron chi connectivity index (χ0n) is 11.2. The molecule has 0 aliphatic heterocycles. The van der Waals surface area contributed by atoms with E-state index in [9.17, 15) is 20.0 Å². The normalized spacial score (nSPS) is 21.8. The first-order chi connectivity index (χ1) is 9.90. The minimum atomic E-state index is -0.641. The van der Waals surface area contributed by atoms with E-state index in [0.29, 0.717) is 12.8 Å². The third-order valence-electron chi connectivity index (χ3n) is 3.62. The lowest BCUT2D eigenvalue weighted by Crippen LogP contribution is -2.45. The van der Waals surface area contributed by atoms with E-state index in [1.165, 1.54) is 0 Å². The maximum atomic E-state index is 12.2. The molecule has 1 saturated carbocycles. The number of carbonyl (C=O) groups excluding carboxylic acids is 1. The Balaban J connectivity index is 2.24. The fourth-order valence-electron chi connectivity index (χ4n) is 2.42. The Morgan fingerprint density at radius 3 is 2.71 bits per heavy atom. The molecule has 1 fully saturated rings. The molecule has 0 spiro atoms. The number of nitrogens with two attached hydrogens (primary N) is 1. The summed E-state index contributed by atoms with van der Waals surface area (Å²) < 4.78 is 0. The number of nitro benzene ring substituents is 1. The summed E-state index contributed by atoms with van der Waals surface area (Å²) in [6, 6.07) is 1.82. The van der Waals surface area contributed by atoms with E-state index in [1.54, 1.807) is 0 Å². The highest BCUT2D eigenvalue weighted by Crippen LogP contribution is 2.29. The number of hydrogen-bond acceptors (Lipinski definition) is 5. The molecule has 0 radical (unpaired) electrons. The molecule has 1 aliphatic carbocycles. The van der Waals surface area contributed by atoms with Crippen molar-refractivity contribution in [3.63, 3.8) is 0 Å². The van der Waals surface area contributed by atoms with Gasteiger partial charge in [0.15, 0.2) is 0 Å². The van der Waals surface area contributed by atoms with Crippen LogP contribution < -0.4 is 11.1 Å². The van der Waals surface area contributed by atoms with Crippen LogP contribution in [0.5, 0.6) is 0 Å². The minimum absolute atomic E-state index is 0.00920. The van der Waals surface area contributed by atoms with Crippen LogP contribution in [0.2, 0.25) is 5.02 Å². The minimum Gasteiger partial charge on any atom is -0.397 e. The van der Waals surface area contributed by atoms with Gasteiger partial charge in [-0.05, 0) is 12.8 Å². The highest BCUT2D eigenvalue weighted by molar-refractivity contribution is 6.34. The fraction of sp³-hybridized carbons (Fsp3) is 0.462. The van der Waals surface area contributed by atoms with Crippen LogP contribution >= 0.6 is 11.6 Å². The summed E-state index contributed by atoms with van der Waals surface area (Å²) in [5.74, 6) is -0.566. The summed E-state index contributed by atoms with van der Waals surface area (Å²) in [5.41, 5.74) is 5.35. The van der Waals surface area contributed by atoms with Gasteiger partial charge in [0.25, 0.3) is 11.6 Å². The molecule has 0 saturated heterocycles. The summed E-state index contributed by atoms with van der Waals surface area (Å²) in [6.45, 7) is 0. The Hall–Kier alpha value is -1.86. The largest absolute Gasteiger partial charge is 0.397 e. The lowest BCUT2D eigenvalue weighted by molar-refractivity contribution is -0.384. The van der Waals surface area contributed by atoms with Gasteiger partial charge in [-0.3, -0.25) is 14.9 Å². The van der Waals surface area contributed by atoms with Gasteiger partial charge in [0, 0.05) is 12.1 Å². The lowest BCUT2D eigenvalue weighted by atomic mass is 9.92. The highest BCUT2D eigenvalue weighted by atomic mass is 35.5. The number of nitrogen functional groups attached to an aromatic ring is 1. The Labute approximate surface area is 126 Å². The average molecular weight is 314 g/mol. The molecule has 2 atom stereocenters. The van der Waals surface area contributed by atoms with Gasteiger partial charge in [0.1, 0.15) is 0 Å². The van der Waals surface area contributed by atoms with Crippen LogP contribution in [0.1, 0.15) is 36.0 Å². The summed E-state index contributed by atoms with van der Waals surface area (Å²) in [6.07, 6.45) is 2.50. The number of nitrogens with one attached hydrogen (secondary N) is 1. The Kier molecular flexibility index (Phi) is 4.64. The Morgan fingerprint density at radius 2 is 2.10 bits per heavy atom. The molecule has 2 unspecified atom stereocenters. The van der Waals surface area contributed by atoms with Crippen molar-refractivity contribution in [1.29, 1.82) is 0 Å². The van der Waals surface area contributed by atoms with Crippen molar-refractivity contribution in [2.75, 3.05) is 5.73 Å². The summed E-state index contributed by atoms with van der Waals surface area (Å²) in [4.78, 5) is 22.4. The van der Waals surface area contributed by atoms with Crippen LogP contribution in [0.15, 0.2) is 12.1 Å². The maximum Gasteiger partial charge on any atom is 0.271 e. The second-order valence-corrected chi connectivity index (χ2v) is 5.48. The molecule has 0 aromatic heterocycles. The van der Waals surface area contributed by atoms with Crippen LogP contribution in [0.25, 0.3) is 0 Å². The predicted molar refractivity (Wildman–Crippen MR) is 78.2 cm³/mol. The zero-order valence-corrected chi connectivity index (χ0v) is 12.0. The quantitative estimate of drug-likeness (QED) is 0.447.